The Morgan fingerprint density at radius 3 is 2.94 bits per heavy atom. The molecule has 0 unspecified atom stereocenters. The van der Waals surface area contributed by atoms with Gasteiger partial charge in [0.25, 0.3) is 0 Å². The lowest BCUT2D eigenvalue weighted by atomic mass is 10.1. The van der Waals surface area contributed by atoms with Crippen LogP contribution in [0.25, 0.3) is 21.9 Å². The second-order valence-corrected chi connectivity index (χ2v) is 10.8. The predicted molar refractivity (Wildman–Crippen MR) is 118 cm³/mol. The molecule has 2 aliphatic heterocycles. The Morgan fingerprint density at radius 1 is 1.23 bits per heavy atom. The zero-order chi connectivity index (χ0) is 21.2. The van der Waals surface area contributed by atoms with Gasteiger partial charge in [0, 0.05) is 42.6 Å². The molecule has 164 valence electrons. The standard InChI is InChI=1S/C21H26N6O3S/c1-21(4-5-21)25-31(28,29)15-2-3-16-17(10-15)24-19-18(16)20(23-13-22-19)27-7-6-26-8-9-30-12-14(26)11-27/h2-3,10,13-14,25H,4-9,11-12H2,1H3,(H,22,23,24)/t14-/m1/s1. The minimum Gasteiger partial charge on any atom is -0.378 e. The van der Waals surface area contributed by atoms with Crippen molar-refractivity contribution >= 4 is 37.8 Å². The summed E-state index contributed by atoms with van der Waals surface area (Å²) in [5, 5.41) is 1.87. The lowest BCUT2D eigenvalue weighted by Crippen LogP contribution is -2.58. The molecule has 3 aromatic rings. The highest BCUT2D eigenvalue weighted by atomic mass is 32.2. The summed E-state index contributed by atoms with van der Waals surface area (Å²) in [6.45, 7) is 7.19. The smallest absolute Gasteiger partial charge is 0.241 e. The number of nitrogens with zero attached hydrogens (tertiary/aromatic N) is 4. The third kappa shape index (κ3) is 3.38. The van der Waals surface area contributed by atoms with Crippen molar-refractivity contribution in [2.45, 2.75) is 36.2 Å². The molecule has 1 atom stereocenters. The fourth-order valence-electron chi connectivity index (χ4n) is 4.71. The summed E-state index contributed by atoms with van der Waals surface area (Å²) >= 11 is 0. The number of rotatable bonds is 4. The number of aromatic nitrogens is 3. The van der Waals surface area contributed by atoms with Gasteiger partial charge in [0.1, 0.15) is 17.8 Å². The molecule has 1 saturated carbocycles. The maximum absolute atomic E-state index is 12.8. The largest absolute Gasteiger partial charge is 0.378 e. The van der Waals surface area contributed by atoms with Crippen molar-refractivity contribution < 1.29 is 13.2 Å². The van der Waals surface area contributed by atoms with Crippen LogP contribution in [0.5, 0.6) is 0 Å². The summed E-state index contributed by atoms with van der Waals surface area (Å²) in [4.78, 5) is 17.4. The molecule has 4 heterocycles. The van der Waals surface area contributed by atoms with Crippen LogP contribution in [0.3, 0.4) is 0 Å². The number of H-pyrrole nitrogens is 1. The minimum absolute atomic E-state index is 0.266. The number of aromatic amines is 1. The molecule has 1 aliphatic carbocycles. The molecule has 0 spiro atoms. The van der Waals surface area contributed by atoms with E-state index in [9.17, 15) is 8.42 Å². The number of piperazine rings is 1. The normalized spacial score (nSPS) is 23.9. The number of fused-ring (bicyclic) bond motifs is 4. The Morgan fingerprint density at radius 2 is 2.10 bits per heavy atom. The Labute approximate surface area is 180 Å². The summed E-state index contributed by atoms with van der Waals surface area (Å²) in [6, 6.07) is 5.60. The van der Waals surface area contributed by atoms with Crippen molar-refractivity contribution in [3.63, 3.8) is 0 Å². The molecule has 0 radical (unpaired) electrons. The van der Waals surface area contributed by atoms with Gasteiger partial charge in [-0.2, -0.15) is 0 Å². The molecule has 3 aliphatic rings. The van der Waals surface area contributed by atoms with Crippen LogP contribution >= 0.6 is 0 Å². The summed E-state index contributed by atoms with van der Waals surface area (Å²) in [5.74, 6) is 0.890. The first-order valence-corrected chi connectivity index (χ1v) is 12.3. The maximum atomic E-state index is 12.8. The van der Waals surface area contributed by atoms with Crippen molar-refractivity contribution in [2.24, 2.45) is 0 Å². The highest BCUT2D eigenvalue weighted by Gasteiger charge is 2.41. The van der Waals surface area contributed by atoms with Crippen molar-refractivity contribution in [1.29, 1.82) is 0 Å². The molecule has 31 heavy (non-hydrogen) atoms. The van der Waals surface area contributed by atoms with Gasteiger partial charge in [-0.05, 0) is 31.9 Å². The van der Waals surface area contributed by atoms with Gasteiger partial charge >= 0.3 is 0 Å². The Hall–Kier alpha value is -2.27. The van der Waals surface area contributed by atoms with E-state index >= 15 is 0 Å². The molecular formula is C21H26N6O3S. The lowest BCUT2D eigenvalue weighted by molar-refractivity contribution is -0.0117. The highest BCUT2D eigenvalue weighted by Crippen LogP contribution is 2.37. The zero-order valence-electron chi connectivity index (χ0n) is 17.5. The van der Waals surface area contributed by atoms with Crippen LogP contribution in [-0.2, 0) is 14.8 Å². The number of hydrogen-bond donors (Lipinski definition) is 2. The van der Waals surface area contributed by atoms with Crippen LogP contribution in [0, 0.1) is 0 Å². The summed E-state index contributed by atoms with van der Waals surface area (Å²) < 4.78 is 34.1. The van der Waals surface area contributed by atoms with Crippen LogP contribution in [0.1, 0.15) is 19.8 Å². The van der Waals surface area contributed by atoms with Crippen molar-refractivity contribution in [3.05, 3.63) is 24.5 Å². The third-order valence-corrected chi connectivity index (χ3v) is 8.41. The van der Waals surface area contributed by atoms with E-state index in [1.807, 2.05) is 13.0 Å². The molecule has 9 nitrogen and oxygen atoms in total. The summed E-state index contributed by atoms with van der Waals surface area (Å²) in [7, 11) is -3.56. The first kappa shape index (κ1) is 19.4. The third-order valence-electron chi connectivity index (χ3n) is 6.77. The van der Waals surface area contributed by atoms with Crippen LogP contribution in [-0.4, -0.2) is 79.2 Å². The van der Waals surface area contributed by atoms with E-state index in [1.165, 1.54) is 0 Å². The first-order valence-electron chi connectivity index (χ1n) is 10.8. The van der Waals surface area contributed by atoms with Gasteiger partial charge in [-0.1, -0.05) is 6.07 Å². The van der Waals surface area contributed by atoms with Gasteiger partial charge in [0.15, 0.2) is 0 Å². The van der Waals surface area contributed by atoms with Gasteiger partial charge in [0.05, 0.1) is 29.5 Å². The second-order valence-electron chi connectivity index (χ2n) is 9.13. The van der Waals surface area contributed by atoms with Crippen molar-refractivity contribution in [3.8, 4) is 0 Å². The van der Waals surface area contributed by atoms with Crippen LogP contribution in [0.2, 0.25) is 0 Å². The van der Waals surface area contributed by atoms with E-state index in [0.717, 1.165) is 80.0 Å². The van der Waals surface area contributed by atoms with E-state index in [0.29, 0.717) is 6.04 Å². The number of benzene rings is 1. The van der Waals surface area contributed by atoms with Gasteiger partial charge in [-0.25, -0.2) is 23.1 Å². The number of ether oxygens (including phenoxy) is 1. The van der Waals surface area contributed by atoms with E-state index in [4.69, 9.17) is 4.74 Å². The maximum Gasteiger partial charge on any atom is 0.241 e. The number of morpholine rings is 1. The van der Waals surface area contributed by atoms with Crippen molar-refractivity contribution in [2.75, 3.05) is 44.3 Å². The molecule has 2 saturated heterocycles. The number of nitrogens with one attached hydrogen (secondary N) is 2. The van der Waals surface area contributed by atoms with Crippen molar-refractivity contribution in [1.82, 2.24) is 24.6 Å². The number of hydrogen-bond acceptors (Lipinski definition) is 7. The van der Waals surface area contributed by atoms with Gasteiger partial charge in [0.2, 0.25) is 10.0 Å². The molecular weight excluding hydrogens is 416 g/mol. The van der Waals surface area contributed by atoms with Crippen LogP contribution in [0.15, 0.2) is 29.4 Å². The summed E-state index contributed by atoms with van der Waals surface area (Å²) in [6.07, 6.45) is 3.32. The van der Waals surface area contributed by atoms with E-state index < -0.39 is 10.0 Å². The summed E-state index contributed by atoms with van der Waals surface area (Å²) in [5.41, 5.74) is 1.16. The van der Waals surface area contributed by atoms with Crippen LogP contribution in [0.4, 0.5) is 5.82 Å². The molecule has 6 rings (SSSR count). The van der Waals surface area contributed by atoms with E-state index in [2.05, 4.69) is 29.5 Å². The molecule has 1 aromatic carbocycles. The second kappa shape index (κ2) is 6.86. The average molecular weight is 443 g/mol. The van der Waals surface area contributed by atoms with Gasteiger partial charge < -0.3 is 14.6 Å². The van der Waals surface area contributed by atoms with Gasteiger partial charge in [-0.15, -0.1) is 0 Å². The number of sulfonamides is 1. The molecule has 2 N–H and O–H groups in total. The molecule has 0 bridgehead atoms. The molecule has 2 aromatic heterocycles. The lowest BCUT2D eigenvalue weighted by Gasteiger charge is -2.44. The fourth-order valence-corrected chi connectivity index (χ4v) is 6.20. The predicted octanol–water partition coefficient (Wildman–Crippen LogP) is 1.46. The Balaban J connectivity index is 1.39. The Kier molecular flexibility index (Phi) is 4.30. The van der Waals surface area contributed by atoms with Crippen LogP contribution < -0.4 is 9.62 Å². The van der Waals surface area contributed by atoms with E-state index in [1.54, 1.807) is 18.5 Å². The highest BCUT2D eigenvalue weighted by molar-refractivity contribution is 7.89. The topological polar surface area (TPSA) is 103 Å². The zero-order valence-corrected chi connectivity index (χ0v) is 18.3. The molecule has 0 amide bonds. The first-order chi connectivity index (χ1) is 14.9. The monoisotopic (exact) mass is 442 g/mol. The molecule has 3 fully saturated rings. The van der Waals surface area contributed by atoms with E-state index in [-0.39, 0.29) is 10.4 Å². The number of anilines is 1. The minimum atomic E-state index is -3.56. The van der Waals surface area contributed by atoms with Gasteiger partial charge in [-0.3, -0.25) is 4.90 Å². The average Bonchev–Trinajstić information content (AvgIpc) is 3.36. The quantitative estimate of drug-likeness (QED) is 0.631. The Bertz CT molecular complexity index is 1270. The fraction of sp³-hybridized carbons (Fsp3) is 0.524. The SMILES string of the molecule is CC1(NS(=O)(=O)c2ccc3c(c2)[nH]c2ncnc(N4CCN5CCOC[C@H]5C4)c23)CC1. The molecule has 10 heteroatoms.